The van der Waals surface area contributed by atoms with Gasteiger partial charge in [-0.15, -0.1) is 0 Å². The van der Waals surface area contributed by atoms with Crippen LogP contribution in [0.4, 0.5) is 0 Å². The van der Waals surface area contributed by atoms with Crippen molar-refractivity contribution in [1.82, 2.24) is 15.0 Å². The average molecular weight is 345 g/mol. The molecule has 2 N–H and O–H groups in total. The molecule has 0 saturated heterocycles. The molecule has 8 heteroatoms. The zero-order valence-corrected chi connectivity index (χ0v) is 13.8. The summed E-state index contributed by atoms with van der Waals surface area (Å²) in [5.74, 6) is 1.54. The number of fused-ring (bicyclic) bond motifs is 2. The number of rotatable bonds is 1. The summed E-state index contributed by atoms with van der Waals surface area (Å²) in [7, 11) is -3.67. The highest BCUT2D eigenvalue weighted by atomic mass is 32.2. The summed E-state index contributed by atoms with van der Waals surface area (Å²) in [5.41, 5.74) is 4.57. The van der Waals surface area contributed by atoms with Crippen molar-refractivity contribution >= 4 is 32.3 Å². The Morgan fingerprint density at radius 3 is 2.50 bits per heavy atom. The van der Waals surface area contributed by atoms with Crippen LogP contribution in [0, 0.1) is 6.92 Å². The molecule has 0 amide bonds. The molecule has 124 valence electrons. The Hall–Kier alpha value is -2.71. The van der Waals surface area contributed by atoms with E-state index in [1.54, 1.807) is 0 Å². The molecule has 0 unspecified atom stereocenters. The third-order valence-corrected chi connectivity index (χ3v) is 3.14. The monoisotopic (exact) mass is 345 g/mol. The van der Waals surface area contributed by atoms with Gasteiger partial charge in [0.05, 0.1) is 17.3 Å². The van der Waals surface area contributed by atoms with Gasteiger partial charge in [-0.3, -0.25) is 4.55 Å². The molecule has 0 bridgehead atoms. The van der Waals surface area contributed by atoms with Crippen LogP contribution >= 0.6 is 0 Å². The van der Waals surface area contributed by atoms with Gasteiger partial charge in [-0.2, -0.15) is 8.42 Å². The highest BCUT2D eigenvalue weighted by molar-refractivity contribution is 7.85. The molecule has 0 saturated carbocycles. The second kappa shape index (κ2) is 6.06. The van der Waals surface area contributed by atoms with Crippen molar-refractivity contribution in [2.45, 2.75) is 6.92 Å². The number of aromatic amines is 1. The number of hydrogen-bond donors (Lipinski definition) is 2. The van der Waals surface area contributed by atoms with Crippen LogP contribution in [0.5, 0.6) is 0 Å². The average Bonchev–Trinajstić information content (AvgIpc) is 3.06. The zero-order chi connectivity index (χ0) is 17.3. The van der Waals surface area contributed by atoms with Gasteiger partial charge < -0.3 is 9.40 Å². The third-order valence-electron chi connectivity index (χ3n) is 3.14. The van der Waals surface area contributed by atoms with E-state index >= 15 is 0 Å². The van der Waals surface area contributed by atoms with Gasteiger partial charge >= 0.3 is 0 Å². The summed E-state index contributed by atoms with van der Waals surface area (Å²) in [4.78, 5) is 12.1. The topological polar surface area (TPSA) is 109 Å². The van der Waals surface area contributed by atoms with Crippen LogP contribution in [0.15, 0.2) is 46.9 Å². The van der Waals surface area contributed by atoms with E-state index in [1.165, 1.54) is 0 Å². The van der Waals surface area contributed by atoms with Crippen molar-refractivity contribution in [2.75, 3.05) is 6.26 Å². The fourth-order valence-corrected chi connectivity index (χ4v) is 2.26. The van der Waals surface area contributed by atoms with Crippen LogP contribution < -0.4 is 0 Å². The van der Waals surface area contributed by atoms with Crippen LogP contribution in [0.1, 0.15) is 5.82 Å². The first-order chi connectivity index (χ1) is 11.3. The summed E-state index contributed by atoms with van der Waals surface area (Å²) >= 11 is 0. The fourth-order valence-electron chi connectivity index (χ4n) is 2.26. The smallest absolute Gasteiger partial charge is 0.261 e. The largest absolute Gasteiger partial charge is 0.436 e. The highest BCUT2D eigenvalue weighted by Gasteiger charge is 2.09. The van der Waals surface area contributed by atoms with E-state index in [0.717, 1.165) is 33.5 Å². The lowest BCUT2D eigenvalue weighted by atomic mass is 10.2. The Bertz CT molecular complexity index is 1070. The van der Waals surface area contributed by atoms with Gasteiger partial charge in [0, 0.05) is 5.56 Å². The van der Waals surface area contributed by atoms with E-state index in [1.807, 2.05) is 49.4 Å². The number of benzene rings is 2. The molecule has 2 heterocycles. The normalized spacial score (nSPS) is 11.5. The molecule has 0 radical (unpaired) electrons. The fraction of sp³-hybridized carbons (Fsp3) is 0.125. The van der Waals surface area contributed by atoms with Gasteiger partial charge in [0.25, 0.3) is 10.1 Å². The minimum absolute atomic E-state index is 0.628. The second-order valence-electron chi connectivity index (χ2n) is 5.27. The highest BCUT2D eigenvalue weighted by Crippen LogP contribution is 2.26. The second-order valence-corrected chi connectivity index (χ2v) is 6.74. The predicted molar refractivity (Wildman–Crippen MR) is 91.3 cm³/mol. The number of para-hydroxylation sites is 2. The lowest BCUT2D eigenvalue weighted by molar-refractivity contribution is 0.490. The maximum Gasteiger partial charge on any atom is 0.261 e. The lowest BCUT2D eigenvalue weighted by Crippen LogP contribution is -1.88. The minimum atomic E-state index is -3.67. The molecule has 2 aromatic heterocycles. The Morgan fingerprint density at radius 1 is 1.08 bits per heavy atom. The zero-order valence-electron chi connectivity index (χ0n) is 13.0. The van der Waals surface area contributed by atoms with E-state index in [-0.39, 0.29) is 0 Å². The first-order valence-electron chi connectivity index (χ1n) is 7.04. The molecule has 24 heavy (non-hydrogen) atoms. The van der Waals surface area contributed by atoms with Gasteiger partial charge in [-0.25, -0.2) is 9.97 Å². The van der Waals surface area contributed by atoms with Gasteiger partial charge in [-0.05, 0) is 37.3 Å². The first-order valence-corrected chi connectivity index (χ1v) is 8.89. The van der Waals surface area contributed by atoms with Crippen molar-refractivity contribution in [3.63, 3.8) is 0 Å². The number of aryl methyl sites for hydroxylation is 1. The summed E-state index contributed by atoms with van der Waals surface area (Å²) < 4.78 is 31.6. The molecule has 0 aliphatic carbocycles. The molecule has 0 atom stereocenters. The number of hydrogen-bond acceptors (Lipinski definition) is 5. The Labute approximate surface area is 138 Å². The Balaban J connectivity index is 0.000000300. The van der Waals surface area contributed by atoms with Crippen LogP contribution in [0.25, 0.3) is 33.6 Å². The molecule has 4 rings (SSSR count). The Kier molecular flexibility index (Phi) is 4.08. The van der Waals surface area contributed by atoms with Crippen molar-refractivity contribution in [3.05, 3.63) is 48.3 Å². The van der Waals surface area contributed by atoms with Crippen molar-refractivity contribution in [2.24, 2.45) is 0 Å². The van der Waals surface area contributed by atoms with E-state index in [0.29, 0.717) is 12.1 Å². The molecular formula is C16H15N3O4S. The van der Waals surface area contributed by atoms with Crippen molar-refractivity contribution in [3.8, 4) is 11.5 Å². The molecule has 2 aromatic carbocycles. The van der Waals surface area contributed by atoms with Crippen molar-refractivity contribution in [1.29, 1.82) is 0 Å². The summed E-state index contributed by atoms with van der Waals surface area (Å²) in [6, 6.07) is 13.7. The maximum absolute atomic E-state index is 9.19. The number of oxazole rings is 1. The van der Waals surface area contributed by atoms with Crippen LogP contribution in [0.2, 0.25) is 0 Å². The van der Waals surface area contributed by atoms with Crippen LogP contribution in [-0.2, 0) is 10.1 Å². The van der Waals surface area contributed by atoms with E-state index < -0.39 is 10.1 Å². The summed E-state index contributed by atoms with van der Waals surface area (Å²) in [6.07, 6.45) is 0.715. The van der Waals surface area contributed by atoms with Gasteiger partial charge in [-0.1, -0.05) is 12.1 Å². The van der Waals surface area contributed by atoms with E-state index in [4.69, 9.17) is 8.97 Å². The quantitative estimate of drug-likeness (QED) is 0.513. The number of nitrogens with one attached hydrogen (secondary N) is 1. The number of imidazole rings is 1. The molecule has 4 aromatic rings. The maximum atomic E-state index is 9.19. The predicted octanol–water partition coefficient (Wildman–Crippen LogP) is 3.18. The number of H-pyrrole nitrogens is 1. The van der Waals surface area contributed by atoms with Crippen molar-refractivity contribution < 1.29 is 17.4 Å². The standard InChI is InChI=1S/C15H11N3O.CH4O3S/c1-9-16-11-7-6-10(8-13(11)17-9)15-18-12-4-2-3-5-14(12)19-15;1-5(2,3)4/h2-8H,1H3,(H,16,17);1H3,(H,2,3,4). The molecule has 0 aliphatic heterocycles. The molecule has 0 spiro atoms. The number of aromatic nitrogens is 3. The Morgan fingerprint density at radius 2 is 1.79 bits per heavy atom. The summed E-state index contributed by atoms with van der Waals surface area (Å²) in [5, 5.41) is 0. The number of nitrogens with zero attached hydrogens (tertiary/aromatic N) is 2. The minimum Gasteiger partial charge on any atom is -0.436 e. The van der Waals surface area contributed by atoms with E-state index in [2.05, 4.69) is 15.0 Å². The van der Waals surface area contributed by atoms with Crippen LogP contribution in [0.3, 0.4) is 0 Å². The molecule has 7 nitrogen and oxygen atoms in total. The molecular weight excluding hydrogens is 330 g/mol. The van der Waals surface area contributed by atoms with Gasteiger partial charge in [0.1, 0.15) is 11.3 Å². The third kappa shape index (κ3) is 3.79. The SMILES string of the molecule is CS(=O)(=O)O.Cc1nc2cc(-c3nc4ccccc4o3)ccc2[nH]1. The van der Waals surface area contributed by atoms with E-state index in [9.17, 15) is 8.42 Å². The lowest BCUT2D eigenvalue weighted by Gasteiger charge is -1.94. The molecule has 0 aliphatic rings. The van der Waals surface area contributed by atoms with Crippen LogP contribution in [-0.4, -0.2) is 34.2 Å². The first kappa shape index (κ1) is 16.2. The molecule has 0 fully saturated rings. The van der Waals surface area contributed by atoms with Gasteiger partial charge in [0.2, 0.25) is 5.89 Å². The summed E-state index contributed by atoms with van der Waals surface area (Å²) in [6.45, 7) is 1.94. The van der Waals surface area contributed by atoms with Gasteiger partial charge in [0.15, 0.2) is 5.58 Å².